The van der Waals surface area contributed by atoms with Crippen LogP contribution in [-0.4, -0.2) is 30.4 Å². The van der Waals surface area contributed by atoms with E-state index in [0.29, 0.717) is 23.4 Å². The number of ether oxygens (including phenoxy) is 2. The second kappa shape index (κ2) is 8.44. The molecule has 1 N–H and O–H groups in total. The van der Waals surface area contributed by atoms with Crippen molar-refractivity contribution in [1.82, 2.24) is 0 Å². The van der Waals surface area contributed by atoms with Gasteiger partial charge in [-0.25, -0.2) is 0 Å². The van der Waals surface area contributed by atoms with Gasteiger partial charge in [0.15, 0.2) is 11.5 Å². The van der Waals surface area contributed by atoms with Crippen molar-refractivity contribution in [2.45, 2.75) is 64.5 Å². The van der Waals surface area contributed by atoms with Crippen molar-refractivity contribution in [2.24, 2.45) is 5.41 Å². The number of nitrogens with one attached hydrogen (secondary N) is 1. The Morgan fingerprint density at radius 3 is 2.60 bits per heavy atom. The van der Waals surface area contributed by atoms with Crippen LogP contribution >= 0.6 is 11.6 Å². The fourth-order valence-electron chi connectivity index (χ4n) is 5.31. The van der Waals surface area contributed by atoms with Gasteiger partial charge < -0.3 is 19.7 Å². The summed E-state index contributed by atoms with van der Waals surface area (Å²) in [4.78, 5) is 15.8. The lowest BCUT2D eigenvalue weighted by Gasteiger charge is -2.36. The molecule has 1 amide bonds. The zero-order valence-electron chi connectivity index (χ0n) is 20.7. The predicted molar refractivity (Wildman–Crippen MR) is 137 cm³/mol. The monoisotopic (exact) mass is 498 g/mol. The van der Waals surface area contributed by atoms with E-state index < -0.39 is 11.5 Å². The summed E-state index contributed by atoms with van der Waals surface area (Å²) in [6.07, 6.45) is 5.14. The summed E-state index contributed by atoms with van der Waals surface area (Å²) >= 11 is 6.11. The average molecular weight is 499 g/mol. The summed E-state index contributed by atoms with van der Waals surface area (Å²) in [6, 6.07) is 9.43. The molecular formula is C28H32ClFN2O3. The minimum absolute atomic E-state index is 0.0562. The Bertz CT molecular complexity index is 1190. The predicted octanol–water partition coefficient (Wildman–Crippen LogP) is 6.34. The molecule has 3 aliphatic rings. The van der Waals surface area contributed by atoms with E-state index in [1.807, 2.05) is 12.1 Å². The van der Waals surface area contributed by atoms with Crippen LogP contribution in [0.5, 0.6) is 11.5 Å². The molecule has 7 heteroatoms. The number of anilines is 2. The first kappa shape index (κ1) is 24.0. The van der Waals surface area contributed by atoms with Gasteiger partial charge in [0.1, 0.15) is 0 Å². The molecule has 0 radical (unpaired) electrons. The van der Waals surface area contributed by atoms with E-state index in [4.69, 9.17) is 21.1 Å². The Labute approximate surface area is 211 Å². The Balaban J connectivity index is 1.35. The number of rotatable bonds is 6. The number of carbonyl (C=O) groups excluding carboxylic acids is 1. The molecule has 2 unspecified atom stereocenters. The number of fused-ring (bicyclic) bond motifs is 2. The van der Waals surface area contributed by atoms with Crippen LogP contribution in [0.3, 0.4) is 0 Å². The molecule has 1 fully saturated rings. The standard InChI is InChI=1S/C28H32ClFN2O3/c1-5-10-28(30)34-22-9-6-19(17-23(22)35-28)27(11-12-27)25(33)31-20-7-8-21-18(15-20)16-24(26(2,3)4)32(21)14-13-29/h5-10,15,17,24H,11-14,16H2,1-4H3,(H,31,33). The van der Waals surface area contributed by atoms with Crippen molar-refractivity contribution in [3.05, 3.63) is 59.7 Å². The summed E-state index contributed by atoms with van der Waals surface area (Å²) in [5.74, 6) is 1.16. The second-order valence-corrected chi connectivity index (χ2v) is 11.2. The zero-order chi connectivity index (χ0) is 25.0. The Kier molecular flexibility index (Phi) is 5.78. The molecule has 0 bridgehead atoms. The number of benzene rings is 2. The van der Waals surface area contributed by atoms with Crippen LogP contribution in [0.25, 0.3) is 0 Å². The summed E-state index contributed by atoms with van der Waals surface area (Å²) < 4.78 is 25.3. The van der Waals surface area contributed by atoms with E-state index in [-0.39, 0.29) is 11.3 Å². The highest BCUT2D eigenvalue weighted by Gasteiger charge is 2.52. The van der Waals surface area contributed by atoms with Crippen LogP contribution in [-0.2, 0) is 16.6 Å². The van der Waals surface area contributed by atoms with E-state index >= 15 is 0 Å². The molecule has 2 aliphatic heterocycles. The summed E-state index contributed by atoms with van der Waals surface area (Å²) in [5.41, 5.74) is 3.48. The van der Waals surface area contributed by atoms with Crippen LogP contribution in [0.4, 0.5) is 15.8 Å². The average Bonchev–Trinajstić information content (AvgIpc) is 3.42. The normalized spacial score (nSPS) is 24.1. The topological polar surface area (TPSA) is 50.8 Å². The van der Waals surface area contributed by atoms with Gasteiger partial charge in [-0.3, -0.25) is 4.79 Å². The van der Waals surface area contributed by atoms with Gasteiger partial charge in [0.25, 0.3) is 0 Å². The van der Waals surface area contributed by atoms with Crippen molar-refractivity contribution in [1.29, 1.82) is 0 Å². The third kappa shape index (κ3) is 4.26. The lowest BCUT2D eigenvalue weighted by Crippen LogP contribution is -2.42. The molecule has 0 aromatic heterocycles. The van der Waals surface area contributed by atoms with E-state index in [1.165, 1.54) is 23.4 Å². The van der Waals surface area contributed by atoms with Crippen molar-refractivity contribution >= 4 is 28.9 Å². The number of amides is 1. The molecule has 2 heterocycles. The molecule has 1 aliphatic carbocycles. The maximum Gasteiger partial charge on any atom is 0.430 e. The molecule has 5 rings (SSSR count). The fourth-order valence-corrected chi connectivity index (χ4v) is 5.50. The molecule has 35 heavy (non-hydrogen) atoms. The number of hydrogen-bond donors (Lipinski definition) is 1. The maximum absolute atomic E-state index is 14.7. The highest BCUT2D eigenvalue weighted by molar-refractivity contribution is 6.18. The first-order valence-corrected chi connectivity index (χ1v) is 12.7. The summed E-state index contributed by atoms with van der Waals surface area (Å²) in [7, 11) is 0. The quantitative estimate of drug-likeness (QED) is 0.373. The van der Waals surface area contributed by atoms with E-state index in [1.54, 1.807) is 19.1 Å². The number of carbonyl (C=O) groups is 1. The molecule has 186 valence electrons. The molecule has 5 nitrogen and oxygen atoms in total. The Morgan fingerprint density at radius 1 is 1.20 bits per heavy atom. The van der Waals surface area contributed by atoms with Gasteiger partial charge in [0, 0.05) is 35.9 Å². The largest absolute Gasteiger partial charge is 0.430 e. The van der Waals surface area contributed by atoms with Gasteiger partial charge in [0.05, 0.1) is 5.41 Å². The molecular weight excluding hydrogens is 467 g/mol. The van der Waals surface area contributed by atoms with Gasteiger partial charge in [0.2, 0.25) is 5.91 Å². The van der Waals surface area contributed by atoms with Gasteiger partial charge in [-0.05, 0) is 73.1 Å². The van der Waals surface area contributed by atoms with Crippen molar-refractivity contribution < 1.29 is 18.7 Å². The third-order valence-corrected chi connectivity index (χ3v) is 7.48. The van der Waals surface area contributed by atoms with Crippen molar-refractivity contribution in [2.75, 3.05) is 22.6 Å². The molecule has 0 spiro atoms. The summed E-state index contributed by atoms with van der Waals surface area (Å²) in [5, 5.41) is 3.14. The summed E-state index contributed by atoms with van der Waals surface area (Å²) in [6.45, 7) is 9.25. The zero-order valence-corrected chi connectivity index (χ0v) is 21.4. The van der Waals surface area contributed by atoms with Crippen molar-refractivity contribution in [3.63, 3.8) is 0 Å². The van der Waals surface area contributed by atoms with Crippen LogP contribution in [0.2, 0.25) is 0 Å². The van der Waals surface area contributed by atoms with Crippen LogP contribution in [0, 0.1) is 5.41 Å². The molecule has 2 aromatic carbocycles. The molecule has 2 atom stereocenters. The molecule has 1 saturated carbocycles. The van der Waals surface area contributed by atoms with Crippen LogP contribution in [0.1, 0.15) is 51.7 Å². The fraction of sp³-hybridized carbons (Fsp3) is 0.464. The lowest BCUT2D eigenvalue weighted by molar-refractivity contribution is -0.146. The third-order valence-electron chi connectivity index (χ3n) is 7.31. The van der Waals surface area contributed by atoms with Crippen LogP contribution < -0.4 is 19.7 Å². The molecule has 2 aromatic rings. The second-order valence-electron chi connectivity index (χ2n) is 10.8. The highest BCUT2D eigenvalue weighted by atomic mass is 35.5. The van der Waals surface area contributed by atoms with E-state index in [2.05, 4.69) is 43.1 Å². The maximum atomic E-state index is 14.7. The Hall–Kier alpha value is -2.73. The van der Waals surface area contributed by atoms with Gasteiger partial charge in [-0.15, -0.1) is 11.6 Å². The van der Waals surface area contributed by atoms with Crippen LogP contribution in [0.15, 0.2) is 48.6 Å². The highest BCUT2D eigenvalue weighted by Crippen LogP contribution is 2.52. The minimum atomic E-state index is -2.30. The first-order chi connectivity index (χ1) is 16.6. The first-order valence-electron chi connectivity index (χ1n) is 12.2. The van der Waals surface area contributed by atoms with Gasteiger partial charge >= 0.3 is 6.04 Å². The smallest absolute Gasteiger partial charge is 0.419 e. The van der Waals surface area contributed by atoms with E-state index in [9.17, 15) is 9.18 Å². The molecule has 0 saturated heterocycles. The van der Waals surface area contributed by atoms with Gasteiger partial charge in [-0.2, -0.15) is 4.39 Å². The van der Waals surface area contributed by atoms with Gasteiger partial charge in [-0.1, -0.05) is 32.9 Å². The number of halogens is 2. The number of allylic oxidation sites excluding steroid dienone is 1. The Morgan fingerprint density at radius 2 is 1.94 bits per heavy atom. The SMILES string of the molecule is CC=CC1(F)Oc2ccc(C3(C(=O)Nc4ccc5c(c4)CC(C(C)(C)C)N5CCCl)CC3)cc2O1. The number of nitrogens with zero attached hydrogens (tertiary/aromatic N) is 1. The number of alkyl halides is 2. The number of hydrogen-bond acceptors (Lipinski definition) is 4. The lowest BCUT2D eigenvalue weighted by atomic mass is 9.84. The van der Waals surface area contributed by atoms with E-state index in [0.717, 1.165) is 37.1 Å². The van der Waals surface area contributed by atoms with Crippen molar-refractivity contribution in [3.8, 4) is 11.5 Å². The minimum Gasteiger partial charge on any atom is -0.419 e.